The number of nitrogens with one attached hydrogen (secondary N) is 2. The summed E-state index contributed by atoms with van der Waals surface area (Å²) in [5.74, 6) is 1.37. The van der Waals surface area contributed by atoms with Gasteiger partial charge < -0.3 is 15.4 Å². The lowest BCUT2D eigenvalue weighted by molar-refractivity contribution is 0.317. The number of hydrogen-bond acceptors (Lipinski definition) is 3. The first-order chi connectivity index (χ1) is 10.2. The van der Waals surface area contributed by atoms with Gasteiger partial charge >= 0.3 is 0 Å². The second-order valence-corrected chi connectivity index (χ2v) is 6.38. The quantitative estimate of drug-likeness (QED) is 0.796. The monoisotopic (exact) mass is 330 g/mol. The predicted molar refractivity (Wildman–Crippen MR) is 89.5 cm³/mol. The van der Waals surface area contributed by atoms with Crippen LogP contribution in [0.15, 0.2) is 12.1 Å². The van der Waals surface area contributed by atoms with Gasteiger partial charge in [0.05, 0.1) is 16.7 Å². The molecule has 0 bridgehead atoms. The molecule has 1 aliphatic rings. The van der Waals surface area contributed by atoms with Gasteiger partial charge in [0.25, 0.3) is 0 Å². The Hall–Kier alpha value is -0.480. The van der Waals surface area contributed by atoms with E-state index in [0.717, 1.165) is 44.1 Å². The summed E-state index contributed by atoms with van der Waals surface area (Å²) in [7, 11) is 0. The van der Waals surface area contributed by atoms with Gasteiger partial charge in [-0.2, -0.15) is 0 Å². The molecule has 0 atom stereocenters. The highest BCUT2D eigenvalue weighted by atomic mass is 35.5. The smallest absolute Gasteiger partial charge is 0.156 e. The van der Waals surface area contributed by atoms with E-state index in [1.54, 1.807) is 0 Å². The van der Waals surface area contributed by atoms with E-state index in [0.29, 0.717) is 22.4 Å². The van der Waals surface area contributed by atoms with Crippen molar-refractivity contribution in [2.45, 2.75) is 32.7 Å². The Kier molecular flexibility index (Phi) is 7.11. The van der Waals surface area contributed by atoms with Crippen molar-refractivity contribution in [3.05, 3.63) is 27.7 Å². The highest BCUT2D eigenvalue weighted by molar-refractivity contribution is 6.37. The van der Waals surface area contributed by atoms with Crippen LogP contribution in [0.1, 0.15) is 31.7 Å². The van der Waals surface area contributed by atoms with Gasteiger partial charge in [0, 0.05) is 6.54 Å². The maximum absolute atomic E-state index is 6.25. The fourth-order valence-corrected chi connectivity index (χ4v) is 3.20. The van der Waals surface area contributed by atoms with Crippen molar-refractivity contribution >= 4 is 23.2 Å². The van der Waals surface area contributed by atoms with Crippen molar-refractivity contribution in [2.24, 2.45) is 5.92 Å². The zero-order valence-corrected chi connectivity index (χ0v) is 14.1. The lowest BCUT2D eigenvalue weighted by Crippen LogP contribution is -2.33. The summed E-state index contributed by atoms with van der Waals surface area (Å²) in [6, 6.07) is 3.88. The standard InChI is InChI=1S/C16H24Cl2N2O/c1-2-7-21-16-14(17)8-13(9-15(16)18)11-20-10-12-3-5-19-6-4-12/h8-9,12,19-20H,2-7,10-11H2,1H3. The average Bonchev–Trinajstić information content (AvgIpc) is 2.48. The molecule has 0 amide bonds. The zero-order valence-electron chi connectivity index (χ0n) is 12.6. The van der Waals surface area contributed by atoms with Gasteiger partial charge in [-0.15, -0.1) is 0 Å². The topological polar surface area (TPSA) is 33.3 Å². The largest absolute Gasteiger partial charge is 0.490 e. The molecule has 1 aliphatic heterocycles. The van der Waals surface area contributed by atoms with Crippen molar-refractivity contribution in [2.75, 3.05) is 26.2 Å². The van der Waals surface area contributed by atoms with Gasteiger partial charge in [-0.25, -0.2) is 0 Å². The summed E-state index contributed by atoms with van der Waals surface area (Å²) < 4.78 is 5.58. The Morgan fingerprint density at radius 1 is 1.24 bits per heavy atom. The van der Waals surface area contributed by atoms with Crippen LogP contribution in [-0.4, -0.2) is 26.2 Å². The Bertz CT molecular complexity index is 425. The normalized spacial score (nSPS) is 16.1. The van der Waals surface area contributed by atoms with Crippen LogP contribution < -0.4 is 15.4 Å². The summed E-state index contributed by atoms with van der Waals surface area (Å²) in [4.78, 5) is 0. The molecule has 3 nitrogen and oxygen atoms in total. The van der Waals surface area contributed by atoms with Gasteiger partial charge in [-0.1, -0.05) is 30.1 Å². The molecular weight excluding hydrogens is 307 g/mol. The summed E-state index contributed by atoms with van der Waals surface area (Å²) in [5, 5.41) is 8.07. The molecule has 21 heavy (non-hydrogen) atoms. The Balaban J connectivity index is 1.85. The predicted octanol–water partition coefficient (Wildman–Crippen LogP) is 3.87. The first-order valence-electron chi connectivity index (χ1n) is 7.73. The van der Waals surface area contributed by atoms with Crippen LogP contribution in [0.5, 0.6) is 5.75 Å². The lowest BCUT2D eigenvalue weighted by atomic mass is 9.98. The molecule has 1 heterocycles. The molecule has 118 valence electrons. The third-order valence-corrected chi connectivity index (χ3v) is 4.29. The first kappa shape index (κ1) is 16.9. The van der Waals surface area contributed by atoms with E-state index >= 15 is 0 Å². The van der Waals surface area contributed by atoms with Crippen LogP contribution in [0.3, 0.4) is 0 Å². The fourth-order valence-electron chi connectivity index (χ4n) is 2.56. The maximum Gasteiger partial charge on any atom is 0.156 e. The highest BCUT2D eigenvalue weighted by Crippen LogP contribution is 2.34. The van der Waals surface area contributed by atoms with Crippen molar-refractivity contribution in [1.82, 2.24) is 10.6 Å². The summed E-state index contributed by atoms with van der Waals surface area (Å²) in [5.41, 5.74) is 1.10. The number of piperidine rings is 1. The third-order valence-electron chi connectivity index (χ3n) is 3.73. The minimum atomic E-state index is 0.592. The second kappa shape index (κ2) is 8.84. The number of hydrogen-bond donors (Lipinski definition) is 2. The SMILES string of the molecule is CCCOc1c(Cl)cc(CNCC2CCNCC2)cc1Cl. The van der Waals surface area contributed by atoms with Crippen molar-refractivity contribution < 1.29 is 4.74 Å². The molecule has 2 N–H and O–H groups in total. The summed E-state index contributed by atoms with van der Waals surface area (Å²) in [6.45, 7) is 6.79. The second-order valence-electron chi connectivity index (χ2n) is 5.56. The van der Waals surface area contributed by atoms with Gasteiger partial charge in [0.2, 0.25) is 0 Å². The van der Waals surface area contributed by atoms with E-state index in [1.807, 2.05) is 12.1 Å². The molecule has 2 rings (SSSR count). The van der Waals surface area contributed by atoms with Gasteiger partial charge in [0.1, 0.15) is 0 Å². The molecule has 0 aromatic heterocycles. The van der Waals surface area contributed by atoms with Crippen molar-refractivity contribution in [1.29, 1.82) is 0 Å². The maximum atomic E-state index is 6.25. The van der Waals surface area contributed by atoms with Crippen LogP contribution in [0.4, 0.5) is 0 Å². The van der Waals surface area contributed by atoms with E-state index in [4.69, 9.17) is 27.9 Å². The number of halogens is 2. The minimum Gasteiger partial charge on any atom is -0.490 e. The molecular formula is C16H24Cl2N2O. The summed E-state index contributed by atoms with van der Waals surface area (Å²) in [6.07, 6.45) is 3.43. The molecule has 0 spiro atoms. The van der Waals surface area contributed by atoms with Crippen LogP contribution in [0.25, 0.3) is 0 Å². The van der Waals surface area contributed by atoms with Crippen LogP contribution in [0, 0.1) is 5.92 Å². The molecule has 0 radical (unpaired) electrons. The van der Waals surface area contributed by atoms with Crippen molar-refractivity contribution in [3.63, 3.8) is 0 Å². The molecule has 0 unspecified atom stereocenters. The van der Waals surface area contributed by atoms with E-state index < -0.39 is 0 Å². The van der Waals surface area contributed by atoms with Gasteiger partial charge in [-0.3, -0.25) is 0 Å². The third kappa shape index (κ3) is 5.33. The van der Waals surface area contributed by atoms with E-state index in [-0.39, 0.29) is 0 Å². The molecule has 0 saturated carbocycles. The molecule has 1 aromatic rings. The average molecular weight is 331 g/mol. The van der Waals surface area contributed by atoms with E-state index in [9.17, 15) is 0 Å². The fraction of sp³-hybridized carbons (Fsp3) is 0.625. The Labute approximate surface area is 137 Å². The van der Waals surface area contributed by atoms with Crippen LogP contribution in [-0.2, 0) is 6.54 Å². The molecule has 1 saturated heterocycles. The van der Waals surface area contributed by atoms with Crippen molar-refractivity contribution in [3.8, 4) is 5.75 Å². The lowest BCUT2D eigenvalue weighted by Gasteiger charge is -2.23. The molecule has 5 heteroatoms. The molecule has 1 aromatic carbocycles. The van der Waals surface area contributed by atoms with Gasteiger partial charge in [-0.05, 0) is 62.5 Å². The van der Waals surface area contributed by atoms with Crippen LogP contribution >= 0.6 is 23.2 Å². The minimum absolute atomic E-state index is 0.592. The van der Waals surface area contributed by atoms with E-state index in [2.05, 4.69) is 17.6 Å². The first-order valence-corrected chi connectivity index (χ1v) is 8.48. The zero-order chi connectivity index (χ0) is 15.1. The number of rotatable bonds is 7. The van der Waals surface area contributed by atoms with E-state index in [1.165, 1.54) is 12.8 Å². The van der Waals surface area contributed by atoms with Crippen LogP contribution in [0.2, 0.25) is 10.0 Å². The number of ether oxygens (including phenoxy) is 1. The molecule has 1 fully saturated rings. The number of benzene rings is 1. The summed E-state index contributed by atoms with van der Waals surface area (Å²) >= 11 is 12.5. The molecule has 0 aliphatic carbocycles. The Morgan fingerprint density at radius 2 is 1.90 bits per heavy atom. The Morgan fingerprint density at radius 3 is 2.52 bits per heavy atom. The van der Waals surface area contributed by atoms with Gasteiger partial charge in [0.15, 0.2) is 5.75 Å². The highest BCUT2D eigenvalue weighted by Gasteiger charge is 2.13.